The number of nitrogens with two attached hydrogens (primary N) is 2. The van der Waals surface area contributed by atoms with Crippen molar-refractivity contribution in [1.29, 1.82) is 0 Å². The molecule has 1 aliphatic carbocycles. The monoisotopic (exact) mass is 516 g/mol. The van der Waals surface area contributed by atoms with E-state index < -0.39 is 6.09 Å². The number of nitrogens with zero attached hydrogens (tertiary/aromatic N) is 6. The van der Waals surface area contributed by atoms with Crippen molar-refractivity contribution in [3.63, 3.8) is 0 Å². The molecule has 0 unspecified atom stereocenters. The number of hydrogen-bond acceptors (Lipinski definition) is 7. The van der Waals surface area contributed by atoms with Crippen molar-refractivity contribution in [2.45, 2.75) is 38.1 Å². The lowest BCUT2D eigenvalue weighted by Crippen LogP contribution is -2.14. The minimum Gasteiger partial charge on any atom is -0.465 e. The highest BCUT2D eigenvalue weighted by Crippen LogP contribution is 2.39. The number of benzene rings is 1. The van der Waals surface area contributed by atoms with Gasteiger partial charge in [0.2, 0.25) is 0 Å². The van der Waals surface area contributed by atoms with E-state index in [2.05, 4.69) is 20.7 Å². The largest absolute Gasteiger partial charge is 0.465 e. The van der Waals surface area contributed by atoms with Crippen molar-refractivity contribution < 1.29 is 9.90 Å². The molecule has 1 saturated carbocycles. The summed E-state index contributed by atoms with van der Waals surface area (Å²) in [5.41, 5.74) is 15.0. The number of carbonyl (C=O) groups is 1. The number of fused-ring (bicyclic) bond motifs is 2. The molecule has 0 bridgehead atoms. The Morgan fingerprint density at radius 2 is 1.81 bits per heavy atom. The van der Waals surface area contributed by atoms with E-state index in [4.69, 9.17) is 37.3 Å². The predicted molar refractivity (Wildman–Crippen MR) is 143 cm³/mol. The van der Waals surface area contributed by atoms with Gasteiger partial charge in [-0.3, -0.25) is 4.98 Å². The molecule has 5 N–H and O–H groups in total. The number of pyridine rings is 2. The summed E-state index contributed by atoms with van der Waals surface area (Å²) in [5, 5.41) is 14.5. The number of rotatable bonds is 3. The van der Waals surface area contributed by atoms with E-state index in [0.29, 0.717) is 22.6 Å². The molecule has 0 saturated heterocycles. The Kier molecular flexibility index (Phi) is 6.82. The van der Waals surface area contributed by atoms with E-state index in [-0.39, 0.29) is 0 Å². The van der Waals surface area contributed by atoms with Gasteiger partial charge in [0.15, 0.2) is 5.65 Å². The molecule has 188 valence electrons. The molecule has 5 aromatic rings. The van der Waals surface area contributed by atoms with Crippen molar-refractivity contribution in [2.24, 2.45) is 5.73 Å². The van der Waals surface area contributed by atoms with Gasteiger partial charge in [-0.05, 0) is 43.2 Å². The number of aromatic nitrogens is 6. The second-order valence-corrected chi connectivity index (χ2v) is 9.22. The lowest BCUT2D eigenvalue weighted by molar-refractivity contribution is 0.205. The van der Waals surface area contributed by atoms with E-state index >= 15 is 0 Å². The number of primary amides is 1. The van der Waals surface area contributed by atoms with Crippen LogP contribution in [0.15, 0.2) is 55.0 Å². The van der Waals surface area contributed by atoms with E-state index in [1.54, 1.807) is 6.20 Å². The van der Waals surface area contributed by atoms with Crippen molar-refractivity contribution in [1.82, 2.24) is 29.7 Å². The minimum atomic E-state index is -1.33. The molecule has 11 heteroatoms. The maximum Gasteiger partial charge on any atom is 0.402 e. The highest BCUT2D eigenvalue weighted by Gasteiger charge is 2.25. The third-order valence-electron chi connectivity index (χ3n) is 6.40. The molecule has 4 aromatic heterocycles. The molecule has 1 aliphatic rings. The predicted octanol–water partition coefficient (Wildman–Crippen LogP) is 5.47. The van der Waals surface area contributed by atoms with Crippen LogP contribution < -0.4 is 11.5 Å². The van der Waals surface area contributed by atoms with Gasteiger partial charge in [0, 0.05) is 17.1 Å². The molecule has 1 amide bonds. The molecule has 10 nitrogen and oxygen atoms in total. The lowest BCUT2D eigenvalue weighted by atomic mass is 9.96. The van der Waals surface area contributed by atoms with Crippen molar-refractivity contribution in [3.8, 4) is 22.6 Å². The Morgan fingerprint density at radius 3 is 2.54 bits per heavy atom. The minimum absolute atomic E-state index is 0.303. The highest BCUT2D eigenvalue weighted by atomic mass is 35.5. The molecule has 0 aliphatic heterocycles. The molecule has 37 heavy (non-hydrogen) atoms. The summed E-state index contributed by atoms with van der Waals surface area (Å²) in [5.74, 6) is 0.406. The Balaban J connectivity index is 0.000000655. The normalized spacial score (nSPS) is 13.9. The topological polar surface area (TPSA) is 159 Å². The standard InChI is InChI=1S/C25H22ClN7.CH3NO2/c26-18-12-15-9-10-20(19-8-4-5-11-28-19)31-21(15)13-17(18)23-22-24(27)29-14-30-25(22)33(32-23)16-6-2-1-3-7-16;2-1(3)4/h4-5,8-14,16H,1-3,6-7H2,(H2,27,29,30);2H2,(H,3,4). The second-order valence-electron chi connectivity index (χ2n) is 8.82. The van der Waals surface area contributed by atoms with E-state index in [1.807, 2.05) is 47.1 Å². The van der Waals surface area contributed by atoms with Crippen molar-refractivity contribution in [3.05, 3.63) is 60.0 Å². The van der Waals surface area contributed by atoms with Gasteiger partial charge in [-0.1, -0.05) is 43.0 Å². The van der Waals surface area contributed by atoms with Crippen LogP contribution in [0.2, 0.25) is 5.02 Å². The van der Waals surface area contributed by atoms with E-state index in [9.17, 15) is 0 Å². The van der Waals surface area contributed by atoms with Crippen LogP contribution in [-0.2, 0) is 0 Å². The highest BCUT2D eigenvalue weighted by molar-refractivity contribution is 6.34. The van der Waals surface area contributed by atoms with Gasteiger partial charge < -0.3 is 16.6 Å². The zero-order valence-corrected chi connectivity index (χ0v) is 20.6. The number of anilines is 1. The Morgan fingerprint density at radius 1 is 1.03 bits per heavy atom. The lowest BCUT2D eigenvalue weighted by Gasteiger charge is -2.22. The van der Waals surface area contributed by atoms with Crippen LogP contribution in [0.1, 0.15) is 38.1 Å². The van der Waals surface area contributed by atoms with E-state index in [0.717, 1.165) is 51.7 Å². The fourth-order valence-electron chi connectivity index (χ4n) is 4.75. The molecule has 1 aromatic carbocycles. The van der Waals surface area contributed by atoms with Crippen LogP contribution in [0.4, 0.5) is 10.6 Å². The van der Waals surface area contributed by atoms with Gasteiger partial charge in [-0.15, -0.1) is 0 Å². The summed E-state index contributed by atoms with van der Waals surface area (Å²) in [6, 6.07) is 14.0. The molecule has 0 spiro atoms. The summed E-state index contributed by atoms with van der Waals surface area (Å²) in [7, 11) is 0. The van der Waals surface area contributed by atoms with Gasteiger partial charge >= 0.3 is 6.09 Å². The van der Waals surface area contributed by atoms with Gasteiger partial charge in [0.05, 0.1) is 33.4 Å². The third kappa shape index (κ3) is 5.01. The van der Waals surface area contributed by atoms with Gasteiger partial charge in [0.25, 0.3) is 0 Å². The zero-order chi connectivity index (χ0) is 25.9. The first-order valence-electron chi connectivity index (χ1n) is 11.9. The first-order chi connectivity index (χ1) is 17.9. The maximum absolute atomic E-state index is 8.78. The Labute approximate surface area is 217 Å². The third-order valence-corrected chi connectivity index (χ3v) is 6.71. The number of carboxylic acid groups (broad SMARTS) is 1. The van der Waals surface area contributed by atoms with Crippen molar-refractivity contribution in [2.75, 3.05) is 5.73 Å². The Hall–Kier alpha value is -4.31. The molecule has 6 rings (SSSR count). The fraction of sp³-hybridized carbons (Fsp3) is 0.231. The Bertz CT molecular complexity index is 1580. The quantitative estimate of drug-likeness (QED) is 0.284. The summed E-state index contributed by atoms with van der Waals surface area (Å²) in [6.45, 7) is 0. The van der Waals surface area contributed by atoms with Crippen LogP contribution in [0.3, 0.4) is 0 Å². The summed E-state index contributed by atoms with van der Waals surface area (Å²) < 4.78 is 2.03. The van der Waals surface area contributed by atoms with Crippen LogP contribution in [0, 0.1) is 0 Å². The second kappa shape index (κ2) is 10.4. The SMILES string of the molecule is NC(=O)O.Nc1ncnc2c1c(-c1cc3nc(-c4ccccn4)ccc3cc1Cl)nn2C1CCCCC1. The summed E-state index contributed by atoms with van der Waals surface area (Å²) in [6.07, 6.45) is 7.76. The van der Waals surface area contributed by atoms with Gasteiger partial charge in [-0.25, -0.2) is 24.4 Å². The summed E-state index contributed by atoms with van der Waals surface area (Å²) >= 11 is 6.77. The van der Waals surface area contributed by atoms with Crippen LogP contribution in [0.25, 0.3) is 44.6 Å². The van der Waals surface area contributed by atoms with Crippen LogP contribution >= 0.6 is 11.6 Å². The van der Waals surface area contributed by atoms with Crippen LogP contribution in [0.5, 0.6) is 0 Å². The number of nitrogen functional groups attached to an aromatic ring is 1. The molecule has 1 fully saturated rings. The molecule has 0 atom stereocenters. The number of amides is 1. The average molecular weight is 517 g/mol. The smallest absolute Gasteiger partial charge is 0.402 e. The first-order valence-corrected chi connectivity index (χ1v) is 12.3. The first kappa shape index (κ1) is 24.4. The molecule has 0 radical (unpaired) electrons. The maximum atomic E-state index is 8.78. The van der Waals surface area contributed by atoms with Crippen LogP contribution in [-0.4, -0.2) is 40.9 Å². The number of hydrogen-bond donors (Lipinski definition) is 3. The van der Waals surface area contributed by atoms with Crippen molar-refractivity contribution >= 4 is 45.4 Å². The molecule has 4 heterocycles. The molecular weight excluding hydrogens is 492 g/mol. The van der Waals surface area contributed by atoms with E-state index in [1.165, 1.54) is 25.6 Å². The van der Waals surface area contributed by atoms with Gasteiger partial charge in [-0.2, -0.15) is 5.10 Å². The average Bonchev–Trinajstić information content (AvgIpc) is 3.29. The van der Waals surface area contributed by atoms with Gasteiger partial charge in [0.1, 0.15) is 17.8 Å². The summed E-state index contributed by atoms with van der Waals surface area (Å²) in [4.78, 5) is 26.9. The molecular formula is C26H25ClN8O2. The fourth-order valence-corrected chi connectivity index (χ4v) is 5.01. The number of halogens is 1. The zero-order valence-electron chi connectivity index (χ0n) is 19.9.